The highest BCUT2D eigenvalue weighted by molar-refractivity contribution is 14.0. The Morgan fingerprint density at radius 3 is 2.88 bits per heavy atom. The smallest absolute Gasteiger partial charge is 0.191 e. The van der Waals surface area contributed by atoms with E-state index in [1.165, 1.54) is 0 Å². The number of aliphatic imine (C=N–C) groups is 1. The van der Waals surface area contributed by atoms with Crippen LogP contribution in [0.4, 0.5) is 5.82 Å². The summed E-state index contributed by atoms with van der Waals surface area (Å²) in [6.45, 7) is 5.76. The lowest BCUT2D eigenvalue weighted by Gasteiger charge is -2.12. The van der Waals surface area contributed by atoms with E-state index >= 15 is 0 Å². The molecule has 0 radical (unpaired) electrons. The normalized spacial score (nSPS) is 11.2. The molecule has 0 spiro atoms. The summed E-state index contributed by atoms with van der Waals surface area (Å²) in [7, 11) is 3.56. The number of nitrogens with zero attached hydrogens (tertiary/aromatic N) is 5. The van der Waals surface area contributed by atoms with Gasteiger partial charge in [-0.1, -0.05) is 0 Å². The SMILES string of the molecule is CCNC(=NCCCOC)NCCNc1ncnc2c1cnn2C.I. The van der Waals surface area contributed by atoms with Crippen molar-refractivity contribution in [1.82, 2.24) is 30.4 Å². The van der Waals surface area contributed by atoms with E-state index in [0.717, 1.165) is 55.5 Å². The summed E-state index contributed by atoms with van der Waals surface area (Å²) in [4.78, 5) is 13.0. The van der Waals surface area contributed by atoms with E-state index in [4.69, 9.17) is 4.74 Å². The molecule has 0 saturated heterocycles. The molecule has 10 heteroatoms. The first kappa shape index (κ1) is 21.4. The van der Waals surface area contributed by atoms with Crippen LogP contribution in [0.1, 0.15) is 13.3 Å². The molecular weight excluding hydrogens is 435 g/mol. The van der Waals surface area contributed by atoms with Crippen LogP contribution in [0.5, 0.6) is 0 Å². The van der Waals surface area contributed by atoms with Crippen molar-refractivity contribution in [1.29, 1.82) is 0 Å². The van der Waals surface area contributed by atoms with E-state index in [-0.39, 0.29) is 24.0 Å². The number of guanidine groups is 1. The third-order valence-electron chi connectivity index (χ3n) is 3.36. The van der Waals surface area contributed by atoms with Crippen LogP contribution >= 0.6 is 24.0 Å². The number of anilines is 1. The van der Waals surface area contributed by atoms with Crippen molar-refractivity contribution in [2.75, 3.05) is 45.2 Å². The van der Waals surface area contributed by atoms with Gasteiger partial charge in [0.25, 0.3) is 0 Å². The molecule has 0 unspecified atom stereocenters. The molecule has 0 aliphatic heterocycles. The summed E-state index contributed by atoms with van der Waals surface area (Å²) in [5.41, 5.74) is 0.813. The molecule has 2 aromatic rings. The number of hydrogen-bond donors (Lipinski definition) is 3. The van der Waals surface area contributed by atoms with Gasteiger partial charge in [-0.05, 0) is 13.3 Å². The average Bonchev–Trinajstić information content (AvgIpc) is 2.97. The number of nitrogens with one attached hydrogen (secondary N) is 3. The third kappa shape index (κ3) is 6.61. The Balaban J connectivity index is 0.00000312. The maximum atomic E-state index is 5.03. The largest absolute Gasteiger partial charge is 0.385 e. The highest BCUT2D eigenvalue weighted by Gasteiger charge is 2.06. The fourth-order valence-corrected chi connectivity index (χ4v) is 2.21. The summed E-state index contributed by atoms with van der Waals surface area (Å²) < 4.78 is 6.76. The maximum absolute atomic E-state index is 5.03. The molecule has 0 aliphatic carbocycles. The van der Waals surface area contributed by atoms with Gasteiger partial charge in [0.05, 0.1) is 11.6 Å². The zero-order valence-corrected chi connectivity index (χ0v) is 17.3. The molecule has 0 bridgehead atoms. The van der Waals surface area contributed by atoms with Crippen molar-refractivity contribution in [3.63, 3.8) is 0 Å². The van der Waals surface area contributed by atoms with Gasteiger partial charge in [-0.15, -0.1) is 24.0 Å². The molecule has 0 fully saturated rings. The van der Waals surface area contributed by atoms with Gasteiger partial charge in [-0.25, -0.2) is 9.97 Å². The van der Waals surface area contributed by atoms with Gasteiger partial charge in [-0.3, -0.25) is 9.67 Å². The number of aromatic nitrogens is 4. The van der Waals surface area contributed by atoms with Gasteiger partial charge in [0.2, 0.25) is 0 Å². The molecular formula is C15H27IN8O. The van der Waals surface area contributed by atoms with E-state index in [2.05, 4.69) is 36.0 Å². The number of rotatable bonds is 9. The summed E-state index contributed by atoms with van der Waals surface area (Å²) in [6, 6.07) is 0. The van der Waals surface area contributed by atoms with E-state index in [1.807, 2.05) is 14.0 Å². The Morgan fingerprint density at radius 2 is 2.12 bits per heavy atom. The quantitative estimate of drug-likeness (QED) is 0.221. The second-order valence-electron chi connectivity index (χ2n) is 5.19. The molecule has 25 heavy (non-hydrogen) atoms. The highest BCUT2D eigenvalue weighted by Crippen LogP contribution is 2.16. The molecule has 0 amide bonds. The molecule has 0 atom stereocenters. The minimum atomic E-state index is 0. The first-order valence-electron chi connectivity index (χ1n) is 8.14. The van der Waals surface area contributed by atoms with E-state index in [0.29, 0.717) is 6.54 Å². The fraction of sp³-hybridized carbons (Fsp3) is 0.600. The molecule has 2 heterocycles. The minimum absolute atomic E-state index is 0. The van der Waals surface area contributed by atoms with Crippen molar-refractivity contribution >= 4 is 46.8 Å². The summed E-state index contributed by atoms with van der Waals surface area (Å²) in [5.74, 6) is 1.60. The number of halogens is 1. The molecule has 0 saturated carbocycles. The van der Waals surface area contributed by atoms with Crippen molar-refractivity contribution in [3.8, 4) is 0 Å². The summed E-state index contributed by atoms with van der Waals surface area (Å²) in [5, 5.41) is 14.9. The Morgan fingerprint density at radius 1 is 1.28 bits per heavy atom. The lowest BCUT2D eigenvalue weighted by Crippen LogP contribution is -2.39. The van der Waals surface area contributed by atoms with Crippen LogP contribution in [-0.2, 0) is 11.8 Å². The molecule has 9 nitrogen and oxygen atoms in total. The van der Waals surface area contributed by atoms with Crippen LogP contribution in [0.25, 0.3) is 11.0 Å². The third-order valence-corrected chi connectivity index (χ3v) is 3.36. The fourth-order valence-electron chi connectivity index (χ4n) is 2.21. The summed E-state index contributed by atoms with van der Waals surface area (Å²) in [6.07, 6.45) is 4.22. The van der Waals surface area contributed by atoms with Gasteiger partial charge < -0.3 is 20.7 Å². The van der Waals surface area contributed by atoms with Gasteiger partial charge >= 0.3 is 0 Å². The van der Waals surface area contributed by atoms with Crippen LogP contribution in [0.2, 0.25) is 0 Å². The molecule has 0 aliphatic rings. The van der Waals surface area contributed by atoms with Gasteiger partial charge in [0, 0.05) is 46.9 Å². The lowest BCUT2D eigenvalue weighted by atomic mass is 10.4. The number of fused-ring (bicyclic) bond motifs is 1. The lowest BCUT2D eigenvalue weighted by molar-refractivity contribution is 0.197. The summed E-state index contributed by atoms with van der Waals surface area (Å²) >= 11 is 0. The van der Waals surface area contributed by atoms with Crippen LogP contribution in [0.3, 0.4) is 0 Å². The predicted octanol–water partition coefficient (Wildman–Crippen LogP) is 0.985. The van der Waals surface area contributed by atoms with Gasteiger partial charge in [-0.2, -0.15) is 5.10 Å². The Labute approximate surface area is 165 Å². The number of ether oxygens (including phenoxy) is 1. The minimum Gasteiger partial charge on any atom is -0.385 e. The standard InChI is InChI=1S/C15H26N8O.HI/c1-4-16-15(18-6-5-9-24-3)19-8-7-17-13-12-10-22-23(2)14(12)21-11-20-13;/h10-11H,4-9H2,1-3H3,(H2,16,18,19)(H,17,20,21);1H. The Hall–Kier alpha value is -1.69. The van der Waals surface area contributed by atoms with Crippen LogP contribution in [-0.4, -0.2) is 65.6 Å². The zero-order chi connectivity index (χ0) is 17.2. The first-order chi connectivity index (χ1) is 11.8. The average molecular weight is 462 g/mol. The van der Waals surface area contributed by atoms with Crippen molar-refractivity contribution in [2.24, 2.45) is 12.0 Å². The van der Waals surface area contributed by atoms with E-state index < -0.39 is 0 Å². The number of hydrogen-bond acceptors (Lipinski definition) is 6. The molecule has 3 N–H and O–H groups in total. The van der Waals surface area contributed by atoms with Gasteiger partial charge in [0.15, 0.2) is 11.6 Å². The molecule has 0 aromatic carbocycles. The second-order valence-corrected chi connectivity index (χ2v) is 5.19. The van der Waals surface area contributed by atoms with Crippen LogP contribution in [0.15, 0.2) is 17.5 Å². The molecule has 140 valence electrons. The Kier molecular flexibility index (Phi) is 10.1. The van der Waals surface area contributed by atoms with Crippen LogP contribution < -0.4 is 16.0 Å². The number of aryl methyl sites for hydroxylation is 1. The van der Waals surface area contributed by atoms with Crippen molar-refractivity contribution in [2.45, 2.75) is 13.3 Å². The first-order valence-corrected chi connectivity index (χ1v) is 8.14. The van der Waals surface area contributed by atoms with Crippen LogP contribution in [0, 0.1) is 0 Å². The molecule has 2 rings (SSSR count). The van der Waals surface area contributed by atoms with E-state index in [9.17, 15) is 0 Å². The second kappa shape index (κ2) is 11.8. The zero-order valence-electron chi connectivity index (χ0n) is 14.9. The Bertz CT molecular complexity index is 660. The monoisotopic (exact) mass is 462 g/mol. The van der Waals surface area contributed by atoms with E-state index in [1.54, 1.807) is 24.3 Å². The molecule has 2 aromatic heterocycles. The van der Waals surface area contributed by atoms with Crippen molar-refractivity contribution < 1.29 is 4.74 Å². The maximum Gasteiger partial charge on any atom is 0.191 e. The highest BCUT2D eigenvalue weighted by atomic mass is 127. The van der Waals surface area contributed by atoms with Gasteiger partial charge in [0.1, 0.15) is 12.1 Å². The van der Waals surface area contributed by atoms with Crippen molar-refractivity contribution in [3.05, 3.63) is 12.5 Å². The topological polar surface area (TPSA) is 101 Å². The predicted molar refractivity (Wildman–Crippen MR) is 111 cm³/mol. The number of methoxy groups -OCH3 is 1.